The molecule has 0 saturated carbocycles. The Hall–Kier alpha value is -2.25. The Morgan fingerprint density at radius 3 is 3.04 bits per heavy atom. The number of rotatable bonds is 6. The van der Waals surface area contributed by atoms with Crippen molar-refractivity contribution in [1.82, 2.24) is 15.5 Å². The first-order valence-corrected chi connectivity index (χ1v) is 10.8. The summed E-state index contributed by atoms with van der Waals surface area (Å²) in [5.41, 5.74) is 1.15. The van der Waals surface area contributed by atoms with Crippen molar-refractivity contribution in [3.05, 3.63) is 46.2 Å². The number of nitrogens with one attached hydrogen (secondary N) is 2. The van der Waals surface area contributed by atoms with E-state index in [1.165, 1.54) is 24.3 Å². The summed E-state index contributed by atoms with van der Waals surface area (Å²) < 4.78 is 10.8. The molecule has 2 aliphatic heterocycles. The van der Waals surface area contributed by atoms with Gasteiger partial charge < -0.3 is 20.1 Å². The molecule has 28 heavy (non-hydrogen) atoms. The zero-order valence-corrected chi connectivity index (χ0v) is 17.1. The highest BCUT2D eigenvalue weighted by molar-refractivity contribution is 7.09. The maximum absolute atomic E-state index is 5.45. The summed E-state index contributed by atoms with van der Waals surface area (Å²) in [6.07, 6.45) is 2.54. The smallest absolute Gasteiger partial charge is 0.231 e. The highest BCUT2D eigenvalue weighted by Crippen LogP contribution is 2.32. The largest absolute Gasteiger partial charge is 0.454 e. The maximum atomic E-state index is 5.45. The predicted octanol–water partition coefficient (Wildman–Crippen LogP) is 3.05. The third-order valence-electron chi connectivity index (χ3n) is 5.24. The topological polar surface area (TPSA) is 58.1 Å². The lowest BCUT2D eigenvalue weighted by Crippen LogP contribution is -2.44. The van der Waals surface area contributed by atoms with Crippen LogP contribution < -0.4 is 20.1 Å². The number of guanidine groups is 1. The summed E-state index contributed by atoms with van der Waals surface area (Å²) >= 11 is 1.85. The fourth-order valence-electron chi connectivity index (χ4n) is 3.78. The van der Waals surface area contributed by atoms with Crippen molar-refractivity contribution >= 4 is 17.3 Å². The van der Waals surface area contributed by atoms with Crippen molar-refractivity contribution in [2.24, 2.45) is 10.9 Å². The van der Waals surface area contributed by atoms with E-state index in [9.17, 15) is 0 Å². The lowest BCUT2D eigenvalue weighted by molar-refractivity contribution is 0.169. The fourth-order valence-corrected chi connectivity index (χ4v) is 4.53. The summed E-state index contributed by atoms with van der Waals surface area (Å²) in [4.78, 5) is 8.39. The van der Waals surface area contributed by atoms with Crippen LogP contribution in [0, 0.1) is 5.92 Å². The van der Waals surface area contributed by atoms with Crippen LogP contribution in [0.4, 0.5) is 0 Å². The molecule has 3 heterocycles. The third-order valence-corrected chi connectivity index (χ3v) is 6.10. The summed E-state index contributed by atoms with van der Waals surface area (Å²) in [5.74, 6) is 3.12. The Morgan fingerprint density at radius 1 is 1.25 bits per heavy atom. The Kier molecular flexibility index (Phi) is 6.34. The van der Waals surface area contributed by atoms with Crippen molar-refractivity contribution < 1.29 is 9.47 Å². The van der Waals surface area contributed by atoms with E-state index in [4.69, 9.17) is 9.47 Å². The molecule has 1 fully saturated rings. The minimum Gasteiger partial charge on any atom is -0.454 e. The van der Waals surface area contributed by atoms with E-state index in [1.54, 1.807) is 0 Å². The first kappa shape index (κ1) is 19.1. The number of likely N-dealkylation sites (tertiary alicyclic amines) is 1. The van der Waals surface area contributed by atoms with Gasteiger partial charge in [0.2, 0.25) is 6.79 Å². The van der Waals surface area contributed by atoms with E-state index in [0.29, 0.717) is 19.3 Å². The Labute approximate surface area is 170 Å². The molecule has 1 aromatic carbocycles. The van der Waals surface area contributed by atoms with E-state index in [2.05, 4.69) is 44.1 Å². The molecule has 2 N–H and O–H groups in total. The number of thiophene rings is 1. The van der Waals surface area contributed by atoms with Crippen LogP contribution in [0.1, 0.15) is 23.3 Å². The van der Waals surface area contributed by atoms with Crippen LogP contribution in [0.15, 0.2) is 40.7 Å². The van der Waals surface area contributed by atoms with Gasteiger partial charge in [0.25, 0.3) is 0 Å². The minimum absolute atomic E-state index is 0.306. The number of nitrogens with zero attached hydrogens (tertiary/aromatic N) is 2. The molecule has 0 bridgehead atoms. The third kappa shape index (κ3) is 4.97. The molecule has 4 rings (SSSR count). The summed E-state index contributed by atoms with van der Waals surface area (Å²) in [7, 11) is 1.82. The van der Waals surface area contributed by atoms with Gasteiger partial charge in [-0.2, -0.15) is 0 Å². The first-order chi connectivity index (χ1) is 13.8. The molecule has 0 radical (unpaired) electrons. The molecule has 0 spiro atoms. The zero-order valence-electron chi connectivity index (χ0n) is 16.3. The number of aliphatic imine (C=N–C) groups is 1. The number of benzene rings is 1. The molecule has 6 nitrogen and oxygen atoms in total. The first-order valence-electron chi connectivity index (χ1n) is 9.88. The summed E-state index contributed by atoms with van der Waals surface area (Å²) in [6.45, 7) is 5.37. The molecule has 1 aromatic heterocycles. The highest BCUT2D eigenvalue weighted by atomic mass is 32.1. The van der Waals surface area contributed by atoms with Crippen molar-refractivity contribution in [3.63, 3.8) is 0 Å². The Morgan fingerprint density at radius 2 is 2.18 bits per heavy atom. The fraction of sp³-hybridized carbons (Fsp3) is 0.476. The van der Waals surface area contributed by atoms with E-state index >= 15 is 0 Å². The molecule has 7 heteroatoms. The van der Waals surface area contributed by atoms with Crippen LogP contribution in [0.5, 0.6) is 11.5 Å². The van der Waals surface area contributed by atoms with Crippen molar-refractivity contribution in [2.45, 2.75) is 25.9 Å². The molecule has 1 atom stereocenters. The van der Waals surface area contributed by atoms with Crippen LogP contribution in [-0.2, 0) is 13.1 Å². The predicted molar refractivity (Wildman–Crippen MR) is 113 cm³/mol. The standard InChI is InChI=1S/C21H28N4O2S/c1-22-21(23-11-16-6-7-19-20(10-16)27-15-26-19)24-12-17-4-2-8-25(13-17)14-18-5-3-9-28-18/h3,5-7,9-10,17H,2,4,8,11-15H2,1H3,(H2,22,23,24). The molecule has 0 amide bonds. The van der Waals surface area contributed by atoms with Gasteiger partial charge >= 0.3 is 0 Å². The summed E-state index contributed by atoms with van der Waals surface area (Å²) in [6, 6.07) is 10.4. The van der Waals surface area contributed by atoms with Gasteiger partial charge in [0, 0.05) is 38.1 Å². The van der Waals surface area contributed by atoms with Gasteiger partial charge in [-0.15, -0.1) is 11.3 Å². The lowest BCUT2D eigenvalue weighted by Gasteiger charge is -2.32. The van der Waals surface area contributed by atoms with Gasteiger partial charge in [-0.05, 0) is 54.4 Å². The van der Waals surface area contributed by atoms with Gasteiger partial charge in [-0.1, -0.05) is 12.1 Å². The second-order valence-electron chi connectivity index (χ2n) is 7.32. The SMILES string of the molecule is CN=C(NCc1ccc2c(c1)OCO2)NCC1CCCN(Cc2cccs2)C1. The Balaban J connectivity index is 1.22. The van der Waals surface area contributed by atoms with Crippen LogP contribution in [0.2, 0.25) is 0 Å². The lowest BCUT2D eigenvalue weighted by atomic mass is 9.98. The van der Waals surface area contributed by atoms with Crippen LogP contribution in [0.25, 0.3) is 0 Å². The zero-order chi connectivity index (χ0) is 19.2. The quantitative estimate of drug-likeness (QED) is 0.577. The van der Waals surface area contributed by atoms with E-state index in [0.717, 1.165) is 42.7 Å². The second kappa shape index (κ2) is 9.30. The minimum atomic E-state index is 0.306. The van der Waals surface area contributed by atoms with Crippen molar-refractivity contribution in [2.75, 3.05) is 33.5 Å². The normalized spacial score (nSPS) is 19.6. The second-order valence-corrected chi connectivity index (χ2v) is 8.35. The van der Waals surface area contributed by atoms with E-state index in [1.807, 2.05) is 30.5 Å². The van der Waals surface area contributed by atoms with Gasteiger partial charge in [0.15, 0.2) is 17.5 Å². The van der Waals surface area contributed by atoms with Crippen LogP contribution in [-0.4, -0.2) is 44.3 Å². The molecular formula is C21H28N4O2S. The molecule has 1 saturated heterocycles. The van der Waals surface area contributed by atoms with Crippen molar-refractivity contribution in [3.8, 4) is 11.5 Å². The molecular weight excluding hydrogens is 372 g/mol. The number of hydrogen-bond donors (Lipinski definition) is 2. The van der Waals surface area contributed by atoms with Crippen LogP contribution >= 0.6 is 11.3 Å². The molecule has 2 aromatic rings. The number of hydrogen-bond acceptors (Lipinski definition) is 5. The van der Waals surface area contributed by atoms with Crippen molar-refractivity contribution in [1.29, 1.82) is 0 Å². The number of fused-ring (bicyclic) bond motifs is 1. The summed E-state index contributed by atoms with van der Waals surface area (Å²) in [5, 5.41) is 9.06. The average molecular weight is 401 g/mol. The van der Waals surface area contributed by atoms with Gasteiger partial charge in [-0.3, -0.25) is 9.89 Å². The monoisotopic (exact) mass is 400 g/mol. The van der Waals surface area contributed by atoms with Crippen LogP contribution in [0.3, 0.4) is 0 Å². The maximum Gasteiger partial charge on any atom is 0.231 e. The average Bonchev–Trinajstić information content (AvgIpc) is 3.40. The van der Waals surface area contributed by atoms with Gasteiger partial charge in [0.05, 0.1) is 0 Å². The molecule has 0 aliphatic carbocycles. The van der Waals surface area contributed by atoms with E-state index < -0.39 is 0 Å². The highest BCUT2D eigenvalue weighted by Gasteiger charge is 2.20. The van der Waals surface area contributed by atoms with Gasteiger partial charge in [-0.25, -0.2) is 0 Å². The van der Waals surface area contributed by atoms with Gasteiger partial charge in [0.1, 0.15) is 0 Å². The Bertz CT molecular complexity index is 794. The van der Waals surface area contributed by atoms with E-state index in [-0.39, 0.29) is 0 Å². The molecule has 2 aliphatic rings. The number of ether oxygens (including phenoxy) is 2. The number of piperidine rings is 1. The molecule has 150 valence electrons. The molecule has 1 unspecified atom stereocenters.